The van der Waals surface area contributed by atoms with Gasteiger partial charge >= 0.3 is 0 Å². The number of benzene rings is 3. The molecule has 0 bridgehead atoms. The van der Waals surface area contributed by atoms with E-state index in [1.165, 1.54) is 22.5 Å². The standard InChI is InChI=1S/C25H25FN2O4S/c26-24-9-5-4-6-20(24)18-33(30,31)28-16-14-19(15-17-28)25(29)27-21-10-12-23(13-11-21)32-22-7-2-1-3-8-22/h1-13,19H,14-18H2,(H,27,29). The molecule has 0 spiro atoms. The number of rotatable bonds is 7. The highest BCUT2D eigenvalue weighted by molar-refractivity contribution is 7.88. The first-order chi connectivity index (χ1) is 15.9. The fourth-order valence-electron chi connectivity index (χ4n) is 3.77. The topological polar surface area (TPSA) is 75.7 Å². The van der Waals surface area contributed by atoms with Gasteiger partial charge in [-0.2, -0.15) is 0 Å². The SMILES string of the molecule is O=C(Nc1ccc(Oc2ccccc2)cc1)C1CCN(S(=O)(=O)Cc2ccccc2F)CC1. The number of anilines is 1. The summed E-state index contributed by atoms with van der Waals surface area (Å²) in [5, 5.41) is 2.89. The van der Waals surface area contributed by atoms with Crippen molar-refractivity contribution in [3.63, 3.8) is 0 Å². The second-order valence-electron chi connectivity index (χ2n) is 7.95. The second kappa shape index (κ2) is 10.1. The van der Waals surface area contributed by atoms with Gasteiger partial charge in [-0.1, -0.05) is 36.4 Å². The summed E-state index contributed by atoms with van der Waals surface area (Å²) in [5.74, 6) is 0.0469. The first-order valence-corrected chi connectivity index (χ1v) is 12.4. The highest BCUT2D eigenvalue weighted by Crippen LogP contribution is 2.26. The van der Waals surface area contributed by atoms with E-state index in [1.807, 2.05) is 30.3 Å². The van der Waals surface area contributed by atoms with E-state index in [0.717, 1.165) is 5.75 Å². The molecule has 1 amide bonds. The predicted molar refractivity (Wildman–Crippen MR) is 125 cm³/mol. The lowest BCUT2D eigenvalue weighted by Gasteiger charge is -2.30. The lowest BCUT2D eigenvalue weighted by Crippen LogP contribution is -2.42. The molecule has 0 unspecified atom stereocenters. The minimum atomic E-state index is -3.65. The highest BCUT2D eigenvalue weighted by Gasteiger charge is 2.31. The van der Waals surface area contributed by atoms with Crippen LogP contribution in [0.5, 0.6) is 11.5 Å². The summed E-state index contributed by atoms with van der Waals surface area (Å²) in [6, 6.07) is 22.4. The van der Waals surface area contributed by atoms with Crippen LogP contribution in [-0.2, 0) is 20.6 Å². The van der Waals surface area contributed by atoms with E-state index in [0.29, 0.717) is 24.3 Å². The number of amides is 1. The number of hydrogen-bond acceptors (Lipinski definition) is 4. The van der Waals surface area contributed by atoms with Crippen LogP contribution in [-0.4, -0.2) is 31.7 Å². The summed E-state index contributed by atoms with van der Waals surface area (Å²) in [7, 11) is -3.65. The molecular formula is C25H25FN2O4S. The third-order valence-corrected chi connectivity index (χ3v) is 7.44. The molecule has 1 aliphatic heterocycles. The van der Waals surface area contributed by atoms with Gasteiger partial charge in [0.05, 0.1) is 5.75 Å². The Balaban J connectivity index is 1.29. The van der Waals surface area contributed by atoms with Crippen molar-refractivity contribution >= 4 is 21.6 Å². The minimum Gasteiger partial charge on any atom is -0.457 e. The molecule has 0 atom stereocenters. The van der Waals surface area contributed by atoms with Gasteiger partial charge in [0.25, 0.3) is 0 Å². The van der Waals surface area contributed by atoms with Crippen LogP contribution in [0.15, 0.2) is 78.9 Å². The van der Waals surface area contributed by atoms with Crippen LogP contribution in [0.4, 0.5) is 10.1 Å². The van der Waals surface area contributed by atoms with Crippen LogP contribution in [0.1, 0.15) is 18.4 Å². The maximum absolute atomic E-state index is 13.9. The van der Waals surface area contributed by atoms with Crippen LogP contribution in [0.25, 0.3) is 0 Å². The van der Waals surface area contributed by atoms with Crippen LogP contribution in [0.2, 0.25) is 0 Å². The molecule has 0 saturated carbocycles. The van der Waals surface area contributed by atoms with Crippen LogP contribution < -0.4 is 10.1 Å². The zero-order valence-electron chi connectivity index (χ0n) is 18.0. The number of sulfonamides is 1. The van der Waals surface area contributed by atoms with Crippen molar-refractivity contribution in [3.8, 4) is 11.5 Å². The van der Waals surface area contributed by atoms with Gasteiger partial charge in [-0.25, -0.2) is 17.1 Å². The zero-order valence-corrected chi connectivity index (χ0v) is 18.8. The van der Waals surface area contributed by atoms with Crippen LogP contribution in [0, 0.1) is 11.7 Å². The molecule has 6 nitrogen and oxygen atoms in total. The van der Waals surface area contributed by atoms with E-state index in [1.54, 1.807) is 30.3 Å². The number of carbonyl (C=O) groups is 1. The van der Waals surface area contributed by atoms with Gasteiger partial charge in [0, 0.05) is 30.3 Å². The maximum Gasteiger partial charge on any atom is 0.227 e. The molecule has 172 valence electrons. The highest BCUT2D eigenvalue weighted by atomic mass is 32.2. The molecule has 1 aliphatic rings. The Morgan fingerprint density at radius 3 is 2.18 bits per heavy atom. The van der Waals surface area contributed by atoms with Gasteiger partial charge in [0.2, 0.25) is 15.9 Å². The quantitative estimate of drug-likeness (QED) is 0.541. The van der Waals surface area contributed by atoms with Crippen molar-refractivity contribution in [2.45, 2.75) is 18.6 Å². The lowest BCUT2D eigenvalue weighted by atomic mass is 9.97. The number of nitrogens with one attached hydrogen (secondary N) is 1. The van der Waals surface area contributed by atoms with Crippen molar-refractivity contribution in [1.29, 1.82) is 0 Å². The summed E-state index contributed by atoms with van der Waals surface area (Å²) >= 11 is 0. The third-order valence-electron chi connectivity index (χ3n) is 5.61. The van der Waals surface area contributed by atoms with Crippen molar-refractivity contribution < 1.29 is 22.3 Å². The molecule has 0 aliphatic carbocycles. The first-order valence-electron chi connectivity index (χ1n) is 10.8. The van der Waals surface area contributed by atoms with Gasteiger partial charge in [0.15, 0.2) is 0 Å². The van der Waals surface area contributed by atoms with E-state index in [-0.39, 0.29) is 36.2 Å². The average molecular weight is 469 g/mol. The monoisotopic (exact) mass is 468 g/mol. The molecule has 0 radical (unpaired) electrons. The van der Waals surface area contributed by atoms with Crippen LogP contribution in [0.3, 0.4) is 0 Å². The number of nitrogens with zero attached hydrogens (tertiary/aromatic N) is 1. The van der Waals surface area contributed by atoms with Gasteiger partial charge < -0.3 is 10.1 Å². The molecule has 1 saturated heterocycles. The van der Waals surface area contributed by atoms with E-state index >= 15 is 0 Å². The van der Waals surface area contributed by atoms with Gasteiger partial charge in [-0.3, -0.25) is 4.79 Å². The smallest absolute Gasteiger partial charge is 0.227 e. The Labute approximate surface area is 193 Å². The lowest BCUT2D eigenvalue weighted by molar-refractivity contribution is -0.120. The Morgan fingerprint density at radius 1 is 0.909 bits per heavy atom. The molecule has 1 N–H and O–H groups in total. The summed E-state index contributed by atoms with van der Waals surface area (Å²) in [4.78, 5) is 12.7. The van der Waals surface area contributed by atoms with Crippen molar-refractivity contribution in [1.82, 2.24) is 4.31 Å². The van der Waals surface area contributed by atoms with E-state index in [9.17, 15) is 17.6 Å². The van der Waals surface area contributed by atoms with Gasteiger partial charge in [0.1, 0.15) is 17.3 Å². The second-order valence-corrected chi connectivity index (χ2v) is 9.92. The Kier molecular flexibility index (Phi) is 7.05. The number of halogens is 1. The molecule has 1 heterocycles. The fourth-order valence-corrected chi connectivity index (χ4v) is 5.35. The number of hydrogen-bond donors (Lipinski definition) is 1. The Bertz CT molecular complexity index is 1190. The fraction of sp³-hybridized carbons (Fsp3) is 0.240. The number of carbonyl (C=O) groups excluding carboxylic acids is 1. The normalized spacial score (nSPS) is 15.2. The van der Waals surface area contributed by atoms with Gasteiger partial charge in [-0.15, -0.1) is 0 Å². The van der Waals surface area contributed by atoms with Crippen LogP contribution >= 0.6 is 0 Å². The zero-order chi connectivity index (χ0) is 23.3. The Hall–Kier alpha value is -3.23. The first kappa shape index (κ1) is 22.9. The largest absolute Gasteiger partial charge is 0.457 e. The molecule has 33 heavy (non-hydrogen) atoms. The summed E-state index contributed by atoms with van der Waals surface area (Å²) in [6.45, 7) is 0.470. The molecule has 0 aromatic heterocycles. The minimum absolute atomic E-state index is 0.141. The molecular weight excluding hydrogens is 443 g/mol. The summed E-state index contributed by atoms with van der Waals surface area (Å²) < 4.78 is 46.3. The van der Waals surface area contributed by atoms with Crippen molar-refractivity contribution in [2.75, 3.05) is 18.4 Å². The molecule has 3 aromatic carbocycles. The third kappa shape index (κ3) is 5.97. The molecule has 1 fully saturated rings. The number of piperidine rings is 1. The van der Waals surface area contributed by atoms with Crippen molar-refractivity contribution in [3.05, 3.63) is 90.2 Å². The van der Waals surface area contributed by atoms with Gasteiger partial charge in [-0.05, 0) is 55.3 Å². The summed E-state index contributed by atoms with van der Waals surface area (Å²) in [6.07, 6.45) is 0.828. The molecule has 8 heteroatoms. The summed E-state index contributed by atoms with van der Waals surface area (Å²) in [5.41, 5.74) is 0.798. The predicted octanol–water partition coefficient (Wildman–Crippen LogP) is 4.80. The van der Waals surface area contributed by atoms with E-state index in [2.05, 4.69) is 5.32 Å². The molecule has 3 aromatic rings. The average Bonchev–Trinajstić information content (AvgIpc) is 2.82. The van der Waals surface area contributed by atoms with E-state index in [4.69, 9.17) is 4.74 Å². The van der Waals surface area contributed by atoms with Crippen molar-refractivity contribution in [2.24, 2.45) is 5.92 Å². The van der Waals surface area contributed by atoms with E-state index < -0.39 is 15.8 Å². The Morgan fingerprint density at radius 2 is 1.52 bits per heavy atom. The number of ether oxygens (including phenoxy) is 1. The number of para-hydroxylation sites is 1. The molecule has 4 rings (SSSR count). The maximum atomic E-state index is 13.9.